The molecule has 0 aromatic heterocycles. The minimum atomic E-state index is -3.93. The predicted molar refractivity (Wildman–Crippen MR) is 69.2 cm³/mol. The first-order chi connectivity index (χ1) is 9.12. The fourth-order valence-electron chi connectivity index (χ4n) is 1.33. The van der Waals surface area contributed by atoms with Gasteiger partial charge >= 0.3 is 22.4 Å². The topological polar surface area (TPSA) is 114 Å². The zero-order valence-electron chi connectivity index (χ0n) is 11.6. The minimum Gasteiger partial charge on any atom is -0.447 e. The Labute approximate surface area is 117 Å². The van der Waals surface area contributed by atoms with Crippen molar-refractivity contribution in [2.75, 3.05) is 26.2 Å². The number of carbonyl (C=O) groups excluding carboxylic acids is 2. The van der Waals surface area contributed by atoms with E-state index >= 15 is 0 Å². The number of alkyl carbamates (subject to hydrolysis) is 1. The van der Waals surface area contributed by atoms with Gasteiger partial charge in [0, 0.05) is 13.1 Å². The van der Waals surface area contributed by atoms with Crippen molar-refractivity contribution in [1.82, 2.24) is 14.3 Å². The lowest BCUT2D eigenvalue weighted by atomic mass is 10.2. The smallest absolute Gasteiger partial charge is 0.424 e. The first-order valence-electron chi connectivity index (χ1n) is 6.03. The third-order valence-electron chi connectivity index (χ3n) is 2.09. The molecule has 20 heavy (non-hydrogen) atoms. The quantitative estimate of drug-likeness (QED) is 0.680. The van der Waals surface area contributed by atoms with Gasteiger partial charge in [0.15, 0.2) is 0 Å². The van der Waals surface area contributed by atoms with Gasteiger partial charge in [-0.1, -0.05) is 0 Å². The number of carbonyl (C=O) groups is 2. The summed E-state index contributed by atoms with van der Waals surface area (Å²) in [5.74, 6) is 0. The molecule has 2 N–H and O–H groups in total. The van der Waals surface area contributed by atoms with Crippen LogP contribution >= 0.6 is 0 Å². The highest BCUT2D eigenvalue weighted by molar-refractivity contribution is 7.87. The van der Waals surface area contributed by atoms with E-state index in [2.05, 4.69) is 14.8 Å². The van der Waals surface area contributed by atoms with Crippen molar-refractivity contribution >= 4 is 22.4 Å². The molecular formula is C10H19N3O6S. The summed E-state index contributed by atoms with van der Waals surface area (Å²) < 4.78 is 35.7. The van der Waals surface area contributed by atoms with E-state index in [4.69, 9.17) is 4.74 Å². The van der Waals surface area contributed by atoms with E-state index in [1.165, 1.54) is 0 Å². The second kappa shape index (κ2) is 6.27. The van der Waals surface area contributed by atoms with Crippen LogP contribution in [0.15, 0.2) is 0 Å². The summed E-state index contributed by atoms with van der Waals surface area (Å²) in [6.45, 7) is 5.14. The molecule has 116 valence electrons. The van der Waals surface area contributed by atoms with Crippen molar-refractivity contribution in [2.45, 2.75) is 26.4 Å². The van der Waals surface area contributed by atoms with Crippen LogP contribution in [0.2, 0.25) is 0 Å². The molecule has 1 aliphatic heterocycles. The average Bonchev–Trinajstić information content (AvgIpc) is 2.69. The molecular weight excluding hydrogens is 290 g/mol. The Balaban J connectivity index is 2.30. The monoisotopic (exact) mass is 309 g/mol. The molecule has 0 atom stereocenters. The molecule has 10 heteroatoms. The summed E-state index contributed by atoms with van der Waals surface area (Å²) >= 11 is 0. The van der Waals surface area contributed by atoms with Crippen molar-refractivity contribution in [3.05, 3.63) is 0 Å². The highest BCUT2D eigenvalue weighted by Crippen LogP contribution is 2.08. The average molecular weight is 309 g/mol. The van der Waals surface area contributed by atoms with Gasteiger partial charge in [0.2, 0.25) is 0 Å². The lowest BCUT2D eigenvalue weighted by molar-refractivity contribution is 0.0528. The Morgan fingerprint density at radius 2 is 2.05 bits per heavy atom. The fourth-order valence-corrected chi connectivity index (χ4v) is 2.41. The van der Waals surface area contributed by atoms with Crippen LogP contribution in [0, 0.1) is 0 Å². The number of rotatable bonds is 5. The molecule has 1 heterocycles. The molecule has 0 unspecified atom stereocenters. The summed E-state index contributed by atoms with van der Waals surface area (Å²) in [5, 5.41) is 2.39. The summed E-state index contributed by atoms with van der Waals surface area (Å²) in [7, 11) is -3.93. The maximum atomic E-state index is 11.7. The van der Waals surface area contributed by atoms with Gasteiger partial charge in [0.1, 0.15) is 12.2 Å². The van der Waals surface area contributed by atoms with Crippen molar-refractivity contribution < 1.29 is 27.5 Å². The molecule has 0 radical (unpaired) electrons. The lowest BCUT2D eigenvalue weighted by Gasteiger charge is -2.20. The van der Waals surface area contributed by atoms with Gasteiger partial charge in [-0.2, -0.15) is 17.4 Å². The van der Waals surface area contributed by atoms with Crippen LogP contribution in [0.25, 0.3) is 0 Å². The summed E-state index contributed by atoms with van der Waals surface area (Å²) in [5.41, 5.74) is -0.622. The maximum Gasteiger partial charge on any atom is 0.424 e. The molecule has 1 rings (SSSR count). The Morgan fingerprint density at radius 3 is 2.55 bits per heavy atom. The second-order valence-electron chi connectivity index (χ2n) is 5.01. The second-order valence-corrected chi connectivity index (χ2v) is 6.69. The van der Waals surface area contributed by atoms with Crippen molar-refractivity contribution in [1.29, 1.82) is 0 Å². The van der Waals surface area contributed by atoms with Crippen LogP contribution in [0.1, 0.15) is 20.8 Å². The normalized spacial score (nSPS) is 15.9. The lowest BCUT2D eigenvalue weighted by Crippen LogP contribution is -2.44. The van der Waals surface area contributed by atoms with Gasteiger partial charge in [-0.15, -0.1) is 0 Å². The van der Waals surface area contributed by atoms with Crippen molar-refractivity contribution in [2.24, 2.45) is 0 Å². The van der Waals surface area contributed by atoms with Crippen LogP contribution in [0.5, 0.6) is 0 Å². The molecule has 0 aromatic carbocycles. The van der Waals surface area contributed by atoms with Crippen LogP contribution in [0.4, 0.5) is 9.59 Å². The number of nitrogens with zero attached hydrogens (tertiary/aromatic N) is 1. The molecule has 0 bridgehead atoms. The van der Waals surface area contributed by atoms with E-state index in [0.717, 1.165) is 0 Å². The van der Waals surface area contributed by atoms with Crippen molar-refractivity contribution in [3.63, 3.8) is 0 Å². The van der Waals surface area contributed by atoms with Gasteiger partial charge in [0.25, 0.3) is 0 Å². The van der Waals surface area contributed by atoms with Crippen molar-refractivity contribution in [3.8, 4) is 0 Å². The number of cyclic esters (lactones) is 1. The Bertz CT molecular complexity index is 470. The molecule has 0 aromatic rings. The largest absolute Gasteiger partial charge is 0.447 e. The van der Waals surface area contributed by atoms with E-state index in [1.807, 2.05) is 0 Å². The van der Waals surface area contributed by atoms with E-state index in [9.17, 15) is 18.0 Å². The fraction of sp³-hybridized carbons (Fsp3) is 0.800. The standard InChI is InChI=1S/C10H19N3O6S/c1-10(2,3)19-8(14)11-4-5-12-20(16,17)13-6-7-18-9(13)15/h12H,4-7H2,1-3H3,(H,11,14). The van der Waals surface area contributed by atoms with E-state index < -0.39 is 28.0 Å². The zero-order valence-corrected chi connectivity index (χ0v) is 12.4. The van der Waals surface area contributed by atoms with Gasteiger partial charge in [-0.3, -0.25) is 0 Å². The Hall–Kier alpha value is -1.55. The van der Waals surface area contributed by atoms with Crippen LogP contribution < -0.4 is 10.0 Å². The number of hydrogen-bond donors (Lipinski definition) is 2. The Kier molecular flexibility index (Phi) is 5.17. The van der Waals surface area contributed by atoms with Gasteiger partial charge in [-0.05, 0) is 20.8 Å². The minimum absolute atomic E-state index is 0.0202. The summed E-state index contributed by atoms with van der Waals surface area (Å²) in [6.07, 6.45) is -1.55. The molecule has 2 amide bonds. The number of hydrogen-bond acceptors (Lipinski definition) is 6. The first kappa shape index (κ1) is 16.5. The summed E-state index contributed by atoms with van der Waals surface area (Å²) in [4.78, 5) is 22.4. The Morgan fingerprint density at radius 1 is 1.40 bits per heavy atom. The number of ether oxygens (including phenoxy) is 2. The molecule has 1 saturated heterocycles. The molecule has 1 fully saturated rings. The van der Waals surface area contributed by atoms with E-state index in [1.54, 1.807) is 20.8 Å². The molecule has 1 aliphatic rings. The van der Waals surface area contributed by atoms with Crippen LogP contribution in [-0.2, 0) is 19.7 Å². The van der Waals surface area contributed by atoms with Gasteiger partial charge < -0.3 is 14.8 Å². The van der Waals surface area contributed by atoms with Crippen LogP contribution in [-0.4, -0.2) is 56.8 Å². The van der Waals surface area contributed by atoms with Crippen LogP contribution in [0.3, 0.4) is 0 Å². The van der Waals surface area contributed by atoms with E-state index in [-0.39, 0.29) is 26.2 Å². The molecule has 0 spiro atoms. The highest BCUT2D eigenvalue weighted by Gasteiger charge is 2.32. The zero-order chi connectivity index (χ0) is 15.4. The van der Waals surface area contributed by atoms with Gasteiger partial charge in [0.05, 0.1) is 6.54 Å². The highest BCUT2D eigenvalue weighted by atomic mass is 32.2. The maximum absolute atomic E-state index is 11.7. The molecule has 9 nitrogen and oxygen atoms in total. The molecule has 0 saturated carbocycles. The van der Waals surface area contributed by atoms with E-state index in [0.29, 0.717) is 4.31 Å². The summed E-state index contributed by atoms with van der Waals surface area (Å²) in [6, 6.07) is 0. The van der Waals surface area contributed by atoms with Gasteiger partial charge in [-0.25, -0.2) is 9.59 Å². The number of amides is 2. The predicted octanol–water partition coefficient (Wildman–Crippen LogP) is -0.202. The SMILES string of the molecule is CC(C)(C)OC(=O)NCCNS(=O)(=O)N1CCOC1=O. The molecule has 0 aliphatic carbocycles. The first-order valence-corrected chi connectivity index (χ1v) is 7.47. The third-order valence-corrected chi connectivity index (χ3v) is 3.57. The third kappa shape index (κ3) is 5.21. The number of nitrogens with one attached hydrogen (secondary N) is 2.